The number of carbonyl (C=O) groups is 3. The van der Waals surface area contributed by atoms with Gasteiger partial charge in [-0.15, -0.1) is 11.3 Å². The molecule has 0 spiro atoms. The highest BCUT2D eigenvalue weighted by molar-refractivity contribution is 9.10. The molecule has 2 aromatic rings. The summed E-state index contributed by atoms with van der Waals surface area (Å²) in [7, 11) is 0. The lowest BCUT2D eigenvalue weighted by Crippen LogP contribution is -2.30. The zero-order valence-electron chi connectivity index (χ0n) is 16.3. The summed E-state index contributed by atoms with van der Waals surface area (Å²) in [6, 6.07) is 6.87. The third-order valence-corrected chi connectivity index (χ3v) is 5.93. The van der Waals surface area contributed by atoms with Gasteiger partial charge in [0.05, 0.1) is 17.0 Å². The number of esters is 1. The summed E-state index contributed by atoms with van der Waals surface area (Å²) in [6.45, 7) is 8.52. The number of halogens is 1. The van der Waals surface area contributed by atoms with E-state index in [4.69, 9.17) is 4.74 Å². The molecule has 1 N–H and O–H groups in total. The van der Waals surface area contributed by atoms with Crippen LogP contribution in [-0.4, -0.2) is 42.4 Å². The number of amides is 2. The maximum Gasteiger partial charge on any atom is 0.341 e. The number of benzene rings is 1. The van der Waals surface area contributed by atoms with Crippen LogP contribution in [0.1, 0.15) is 56.7 Å². The molecule has 1 heterocycles. The maximum absolute atomic E-state index is 12.8. The van der Waals surface area contributed by atoms with Gasteiger partial charge in [0.25, 0.3) is 11.8 Å². The smallest absolute Gasteiger partial charge is 0.341 e. The molecule has 0 bridgehead atoms. The van der Waals surface area contributed by atoms with Crippen LogP contribution in [0.5, 0.6) is 0 Å². The predicted octanol–water partition coefficient (Wildman–Crippen LogP) is 4.73. The van der Waals surface area contributed by atoms with E-state index < -0.39 is 5.97 Å². The van der Waals surface area contributed by atoms with E-state index in [1.165, 1.54) is 0 Å². The van der Waals surface area contributed by atoms with Crippen molar-refractivity contribution in [2.24, 2.45) is 0 Å². The van der Waals surface area contributed by atoms with E-state index in [-0.39, 0.29) is 24.0 Å². The van der Waals surface area contributed by atoms with Crippen LogP contribution in [0.3, 0.4) is 0 Å². The van der Waals surface area contributed by atoms with E-state index in [9.17, 15) is 14.4 Å². The van der Waals surface area contributed by atoms with Gasteiger partial charge in [0.2, 0.25) is 0 Å². The van der Waals surface area contributed by atoms with E-state index in [1.54, 1.807) is 43.0 Å². The molecule has 1 aromatic heterocycles. The fourth-order valence-corrected chi connectivity index (χ4v) is 4.11. The van der Waals surface area contributed by atoms with Gasteiger partial charge in [-0.25, -0.2) is 4.79 Å². The van der Waals surface area contributed by atoms with Gasteiger partial charge in [-0.1, -0.05) is 15.9 Å². The lowest BCUT2D eigenvalue weighted by molar-refractivity contribution is 0.0527. The first-order chi connectivity index (χ1) is 13.3. The molecule has 8 heteroatoms. The molecule has 0 saturated heterocycles. The topological polar surface area (TPSA) is 75.7 Å². The van der Waals surface area contributed by atoms with Crippen LogP contribution in [0.4, 0.5) is 5.00 Å². The molecule has 2 amide bonds. The first kappa shape index (κ1) is 22.1. The summed E-state index contributed by atoms with van der Waals surface area (Å²) in [5.41, 5.74) is 1.19. The molecule has 28 heavy (non-hydrogen) atoms. The summed E-state index contributed by atoms with van der Waals surface area (Å²) in [4.78, 5) is 40.1. The van der Waals surface area contributed by atoms with Crippen LogP contribution in [0.2, 0.25) is 0 Å². The molecule has 0 aliphatic heterocycles. The molecule has 0 unspecified atom stereocenters. The summed E-state index contributed by atoms with van der Waals surface area (Å²) >= 11 is 4.43. The Bertz CT molecular complexity index is 873. The second-order valence-corrected chi connectivity index (χ2v) is 7.86. The number of ether oxygens (including phenoxy) is 1. The van der Waals surface area contributed by atoms with Crippen molar-refractivity contribution in [1.29, 1.82) is 0 Å². The zero-order valence-corrected chi connectivity index (χ0v) is 18.7. The minimum atomic E-state index is -0.555. The van der Waals surface area contributed by atoms with Crippen molar-refractivity contribution in [2.75, 3.05) is 25.0 Å². The number of anilines is 1. The Labute approximate surface area is 177 Å². The lowest BCUT2D eigenvalue weighted by atomic mass is 10.1. The average Bonchev–Trinajstić information content (AvgIpc) is 2.99. The Morgan fingerprint density at radius 3 is 2.25 bits per heavy atom. The Hall–Kier alpha value is -2.19. The molecule has 2 rings (SSSR count). The number of thiophene rings is 1. The highest BCUT2D eigenvalue weighted by Gasteiger charge is 2.28. The summed E-state index contributed by atoms with van der Waals surface area (Å²) < 4.78 is 6.00. The number of hydrogen-bond donors (Lipinski definition) is 1. The molecule has 150 valence electrons. The zero-order chi connectivity index (χ0) is 20.8. The first-order valence-corrected chi connectivity index (χ1v) is 10.6. The molecule has 0 aliphatic carbocycles. The summed E-state index contributed by atoms with van der Waals surface area (Å²) in [6.07, 6.45) is 0. The molecule has 0 aliphatic rings. The van der Waals surface area contributed by atoms with Gasteiger partial charge in [0.1, 0.15) is 5.00 Å². The molecular formula is C20H23BrN2O4S. The van der Waals surface area contributed by atoms with Gasteiger partial charge in [-0.05, 0) is 57.5 Å². The summed E-state index contributed by atoms with van der Waals surface area (Å²) in [5.74, 6) is -1.08. The molecular weight excluding hydrogens is 444 g/mol. The lowest BCUT2D eigenvalue weighted by Gasteiger charge is -2.18. The van der Waals surface area contributed by atoms with Crippen LogP contribution in [0.15, 0.2) is 28.7 Å². The highest BCUT2D eigenvalue weighted by Crippen LogP contribution is 2.35. The monoisotopic (exact) mass is 466 g/mol. The molecule has 1 aromatic carbocycles. The second-order valence-electron chi connectivity index (χ2n) is 5.92. The Morgan fingerprint density at radius 2 is 1.71 bits per heavy atom. The van der Waals surface area contributed by atoms with E-state index >= 15 is 0 Å². The Kier molecular flexibility index (Phi) is 7.77. The van der Waals surface area contributed by atoms with E-state index in [0.717, 1.165) is 15.8 Å². The van der Waals surface area contributed by atoms with Crippen molar-refractivity contribution in [2.45, 2.75) is 27.7 Å². The van der Waals surface area contributed by atoms with Gasteiger partial charge in [-0.3, -0.25) is 9.59 Å². The van der Waals surface area contributed by atoms with Crippen LogP contribution < -0.4 is 5.32 Å². The number of nitrogens with one attached hydrogen (secondary N) is 1. The van der Waals surface area contributed by atoms with Crippen LogP contribution in [0, 0.1) is 6.92 Å². The molecule has 6 nitrogen and oxygen atoms in total. The van der Waals surface area contributed by atoms with Crippen LogP contribution in [-0.2, 0) is 4.74 Å². The van der Waals surface area contributed by atoms with Crippen molar-refractivity contribution >= 4 is 50.1 Å². The van der Waals surface area contributed by atoms with Crippen molar-refractivity contribution in [3.05, 3.63) is 50.3 Å². The van der Waals surface area contributed by atoms with E-state index in [1.807, 2.05) is 13.8 Å². The predicted molar refractivity (Wildman–Crippen MR) is 114 cm³/mol. The normalized spacial score (nSPS) is 10.5. The Balaban J connectivity index is 2.44. The van der Waals surface area contributed by atoms with Gasteiger partial charge in [0.15, 0.2) is 0 Å². The van der Waals surface area contributed by atoms with E-state index in [0.29, 0.717) is 34.1 Å². The maximum atomic E-state index is 12.8. The van der Waals surface area contributed by atoms with Crippen LogP contribution >= 0.6 is 27.3 Å². The molecule has 0 atom stereocenters. The average molecular weight is 467 g/mol. The summed E-state index contributed by atoms with van der Waals surface area (Å²) in [5, 5.41) is 3.09. The van der Waals surface area contributed by atoms with Crippen LogP contribution in [0.25, 0.3) is 0 Å². The number of rotatable bonds is 7. The Morgan fingerprint density at radius 1 is 1.11 bits per heavy atom. The van der Waals surface area contributed by atoms with Gasteiger partial charge in [0, 0.05) is 23.1 Å². The fraction of sp³-hybridized carbons (Fsp3) is 0.350. The van der Waals surface area contributed by atoms with Crippen molar-refractivity contribution in [3.63, 3.8) is 0 Å². The van der Waals surface area contributed by atoms with Gasteiger partial charge in [-0.2, -0.15) is 0 Å². The largest absolute Gasteiger partial charge is 0.462 e. The van der Waals surface area contributed by atoms with Crippen molar-refractivity contribution in [1.82, 2.24) is 4.90 Å². The van der Waals surface area contributed by atoms with Gasteiger partial charge >= 0.3 is 5.97 Å². The van der Waals surface area contributed by atoms with Crippen molar-refractivity contribution < 1.29 is 19.1 Å². The molecule has 0 fully saturated rings. The number of hydrogen-bond acceptors (Lipinski definition) is 5. The third-order valence-electron chi connectivity index (χ3n) is 4.20. The minimum absolute atomic E-state index is 0.165. The fourth-order valence-electron chi connectivity index (χ4n) is 2.69. The standard InChI is InChI=1S/C20H23BrN2O4S/c1-5-23(6-2)19(25)16-12(4)15(20(26)27-7-3)18(28-16)22-17(24)13-8-10-14(21)11-9-13/h8-11H,5-7H2,1-4H3,(H,22,24). The number of nitrogens with zero attached hydrogens (tertiary/aromatic N) is 1. The van der Waals surface area contributed by atoms with Gasteiger partial charge < -0.3 is 15.0 Å². The third kappa shape index (κ3) is 4.80. The number of carbonyl (C=O) groups excluding carboxylic acids is 3. The SMILES string of the molecule is CCOC(=O)c1c(NC(=O)c2ccc(Br)cc2)sc(C(=O)N(CC)CC)c1C. The second kappa shape index (κ2) is 9.84. The molecule has 0 saturated carbocycles. The highest BCUT2D eigenvalue weighted by atomic mass is 79.9. The quantitative estimate of drug-likeness (QED) is 0.598. The minimum Gasteiger partial charge on any atom is -0.462 e. The van der Waals surface area contributed by atoms with E-state index in [2.05, 4.69) is 21.2 Å². The van der Waals surface area contributed by atoms with Crippen molar-refractivity contribution in [3.8, 4) is 0 Å². The first-order valence-electron chi connectivity index (χ1n) is 9.00. The molecule has 0 radical (unpaired) electrons.